The van der Waals surface area contributed by atoms with E-state index >= 15 is 0 Å². The molecule has 0 N–H and O–H groups in total. The monoisotopic (exact) mass is 229 g/mol. The van der Waals surface area contributed by atoms with E-state index in [1.807, 2.05) is 0 Å². The lowest BCUT2D eigenvalue weighted by Gasteiger charge is -2.01. The van der Waals surface area contributed by atoms with E-state index in [2.05, 4.69) is 0 Å². The van der Waals surface area contributed by atoms with Crippen LogP contribution in [0.1, 0.15) is 5.56 Å². The molecule has 0 aromatic heterocycles. The summed E-state index contributed by atoms with van der Waals surface area (Å²) < 4.78 is 22.8. The van der Waals surface area contributed by atoms with Crippen LogP contribution in [0.3, 0.4) is 0 Å². The Morgan fingerprint density at radius 2 is 1.80 bits per heavy atom. The van der Waals surface area contributed by atoms with Gasteiger partial charge in [-0.1, -0.05) is 30.3 Å². The lowest BCUT2D eigenvalue weighted by Crippen LogP contribution is -2.17. The Hall–Kier alpha value is -1.43. The molecule has 82 valence electrons. The van der Waals surface area contributed by atoms with Gasteiger partial charge in [0.05, 0.1) is 5.75 Å². The van der Waals surface area contributed by atoms with Gasteiger partial charge in [0.15, 0.2) is 9.84 Å². The minimum Gasteiger partial charge on any atom is -0.265 e. The van der Waals surface area contributed by atoms with Crippen LogP contribution in [-0.4, -0.2) is 25.6 Å². The Labute approximate surface area is 87.8 Å². The fourth-order valence-electron chi connectivity index (χ4n) is 1.11. The first kappa shape index (κ1) is 11.6. The predicted octanol–water partition coefficient (Wildman–Crippen LogP) is 0.878. The first-order valence-electron chi connectivity index (χ1n) is 4.36. The van der Waals surface area contributed by atoms with Gasteiger partial charge in [-0.25, -0.2) is 8.42 Å². The van der Waals surface area contributed by atoms with E-state index in [1.54, 1.807) is 30.3 Å². The Kier molecular flexibility index (Phi) is 3.79. The molecule has 0 aliphatic heterocycles. The van der Waals surface area contributed by atoms with Gasteiger partial charge >= 0.3 is 0 Å². The Balaban J connectivity index is 2.61. The minimum atomic E-state index is -3.37. The van der Waals surface area contributed by atoms with Crippen molar-refractivity contribution in [2.24, 2.45) is 0 Å². The second kappa shape index (κ2) is 4.88. The summed E-state index contributed by atoms with van der Waals surface area (Å²) in [6.07, 6.45) is 0. The van der Waals surface area contributed by atoms with E-state index in [0.717, 1.165) is 0 Å². The Morgan fingerprint density at radius 1 is 1.20 bits per heavy atom. The molecule has 0 unspecified atom stereocenters. The van der Waals surface area contributed by atoms with Crippen LogP contribution < -0.4 is 0 Å². The summed E-state index contributed by atoms with van der Waals surface area (Å²) in [5.41, 5.74) is 0.654. The first-order chi connectivity index (χ1) is 6.99. The smallest absolute Gasteiger partial charge is 0.217 e. The van der Waals surface area contributed by atoms with E-state index in [9.17, 15) is 18.5 Å². The minimum absolute atomic E-state index is 0.137. The van der Waals surface area contributed by atoms with Crippen molar-refractivity contribution in [1.29, 1.82) is 0 Å². The average Bonchev–Trinajstić information content (AvgIpc) is 2.16. The lowest BCUT2D eigenvalue weighted by molar-refractivity contribution is -0.474. The van der Waals surface area contributed by atoms with Gasteiger partial charge in [-0.2, -0.15) is 0 Å². The maximum absolute atomic E-state index is 11.4. The molecule has 0 atom stereocenters. The maximum atomic E-state index is 11.4. The third-order valence-corrected chi connectivity index (χ3v) is 3.39. The number of nitro groups is 1. The van der Waals surface area contributed by atoms with Crippen molar-refractivity contribution in [3.8, 4) is 0 Å². The molecule has 0 heterocycles. The van der Waals surface area contributed by atoms with E-state index in [1.165, 1.54) is 0 Å². The van der Waals surface area contributed by atoms with Crippen LogP contribution >= 0.6 is 0 Å². The van der Waals surface area contributed by atoms with Crippen molar-refractivity contribution < 1.29 is 13.3 Å². The van der Waals surface area contributed by atoms with Gasteiger partial charge in [0.1, 0.15) is 5.75 Å². The molecular formula is C9H11NO4S. The fourth-order valence-corrected chi connectivity index (χ4v) is 2.39. The molecule has 0 spiro atoms. The highest BCUT2D eigenvalue weighted by Crippen LogP contribution is 2.05. The summed E-state index contributed by atoms with van der Waals surface area (Å²) in [7, 11) is -3.37. The molecule has 0 fully saturated rings. The largest absolute Gasteiger partial charge is 0.265 e. The molecule has 1 aromatic rings. The molecule has 6 heteroatoms. The van der Waals surface area contributed by atoms with Gasteiger partial charge in [-0.15, -0.1) is 0 Å². The van der Waals surface area contributed by atoms with Crippen molar-refractivity contribution in [3.05, 3.63) is 46.0 Å². The Bertz CT molecular complexity index is 427. The summed E-state index contributed by atoms with van der Waals surface area (Å²) in [5.74, 6) is -0.545. The second-order valence-corrected chi connectivity index (χ2v) is 5.32. The standard InChI is InChI=1S/C9H11NO4S/c11-10(12)6-7-15(13,14)8-9-4-2-1-3-5-9/h1-5H,6-8H2. The van der Waals surface area contributed by atoms with Crippen molar-refractivity contribution in [1.82, 2.24) is 0 Å². The molecule has 5 nitrogen and oxygen atoms in total. The maximum Gasteiger partial charge on any atom is 0.217 e. The van der Waals surface area contributed by atoms with Gasteiger partial charge < -0.3 is 0 Å². The van der Waals surface area contributed by atoms with E-state index < -0.39 is 27.1 Å². The lowest BCUT2D eigenvalue weighted by atomic mass is 10.2. The zero-order valence-electron chi connectivity index (χ0n) is 8.00. The molecule has 0 aliphatic carbocycles. The molecule has 1 aromatic carbocycles. The first-order valence-corrected chi connectivity index (χ1v) is 6.18. The fraction of sp³-hybridized carbons (Fsp3) is 0.333. The molecule has 0 saturated heterocycles. The number of rotatable bonds is 5. The second-order valence-electron chi connectivity index (χ2n) is 3.13. The molecule has 0 amide bonds. The molecule has 0 saturated carbocycles. The van der Waals surface area contributed by atoms with Gasteiger partial charge in [0.2, 0.25) is 6.54 Å². The third kappa shape index (κ3) is 4.55. The van der Waals surface area contributed by atoms with Crippen molar-refractivity contribution >= 4 is 9.84 Å². The van der Waals surface area contributed by atoms with Crippen molar-refractivity contribution in [2.75, 3.05) is 12.3 Å². The van der Waals surface area contributed by atoms with Crippen LogP contribution in [-0.2, 0) is 15.6 Å². The topological polar surface area (TPSA) is 77.3 Å². The van der Waals surface area contributed by atoms with Gasteiger partial charge in [0.25, 0.3) is 0 Å². The predicted molar refractivity (Wildman–Crippen MR) is 55.8 cm³/mol. The number of hydrogen-bond donors (Lipinski definition) is 0. The molecule has 0 bridgehead atoms. The molecular weight excluding hydrogens is 218 g/mol. The summed E-state index contributed by atoms with van der Waals surface area (Å²) in [4.78, 5) is 9.42. The van der Waals surface area contributed by atoms with Crippen LogP contribution in [0.25, 0.3) is 0 Å². The third-order valence-electron chi connectivity index (χ3n) is 1.81. The highest BCUT2D eigenvalue weighted by molar-refractivity contribution is 7.90. The number of sulfone groups is 1. The summed E-state index contributed by atoms with van der Waals surface area (Å²) in [6.45, 7) is -0.533. The van der Waals surface area contributed by atoms with Crippen LogP contribution in [0.2, 0.25) is 0 Å². The van der Waals surface area contributed by atoms with Crippen molar-refractivity contribution in [3.63, 3.8) is 0 Å². The van der Waals surface area contributed by atoms with Crippen LogP contribution in [0.15, 0.2) is 30.3 Å². The zero-order chi connectivity index (χ0) is 11.3. The Morgan fingerprint density at radius 3 is 2.33 bits per heavy atom. The number of nitrogens with zero attached hydrogens (tertiary/aromatic N) is 1. The van der Waals surface area contributed by atoms with Crippen LogP contribution in [0, 0.1) is 10.1 Å². The van der Waals surface area contributed by atoms with E-state index in [4.69, 9.17) is 0 Å². The van der Waals surface area contributed by atoms with E-state index in [0.29, 0.717) is 5.56 Å². The highest BCUT2D eigenvalue weighted by atomic mass is 32.2. The van der Waals surface area contributed by atoms with Gasteiger partial charge in [-0.05, 0) is 5.56 Å². The van der Waals surface area contributed by atoms with Crippen molar-refractivity contribution in [2.45, 2.75) is 5.75 Å². The van der Waals surface area contributed by atoms with Crippen LogP contribution in [0.5, 0.6) is 0 Å². The average molecular weight is 229 g/mol. The summed E-state index contributed by atoms with van der Waals surface area (Å²) in [6, 6.07) is 8.62. The molecule has 1 rings (SSSR count). The number of benzene rings is 1. The van der Waals surface area contributed by atoms with E-state index in [-0.39, 0.29) is 5.75 Å². The van der Waals surface area contributed by atoms with Gasteiger partial charge in [0, 0.05) is 4.92 Å². The van der Waals surface area contributed by atoms with Crippen LogP contribution in [0.4, 0.5) is 0 Å². The quantitative estimate of drug-likeness (QED) is 0.554. The number of hydrogen-bond acceptors (Lipinski definition) is 4. The zero-order valence-corrected chi connectivity index (χ0v) is 8.81. The summed E-state index contributed by atoms with van der Waals surface area (Å²) in [5, 5.41) is 10.0. The van der Waals surface area contributed by atoms with Gasteiger partial charge in [-0.3, -0.25) is 10.1 Å². The highest BCUT2D eigenvalue weighted by Gasteiger charge is 2.14. The molecule has 0 aliphatic rings. The molecule has 0 radical (unpaired) electrons. The molecule has 15 heavy (non-hydrogen) atoms. The normalized spacial score (nSPS) is 11.2. The summed E-state index contributed by atoms with van der Waals surface area (Å²) >= 11 is 0. The SMILES string of the molecule is O=[N+]([O-])CCS(=O)(=O)Cc1ccccc1.